The third-order valence-electron chi connectivity index (χ3n) is 2.59. The van der Waals surface area contributed by atoms with Gasteiger partial charge in [-0.05, 0) is 19.9 Å². The molecule has 2 rings (SSSR count). The first-order chi connectivity index (χ1) is 7.22. The summed E-state index contributed by atoms with van der Waals surface area (Å²) >= 11 is 1.46. The number of aryl methyl sites for hydroxylation is 1. The molecule has 0 spiro atoms. The van der Waals surface area contributed by atoms with Crippen LogP contribution in [0.15, 0.2) is 0 Å². The number of nitrogens with zero attached hydrogens (tertiary/aromatic N) is 1. The maximum absolute atomic E-state index is 11.4. The van der Waals surface area contributed by atoms with Gasteiger partial charge in [0.05, 0.1) is 17.8 Å². The van der Waals surface area contributed by atoms with Crippen molar-refractivity contribution in [2.45, 2.75) is 19.3 Å². The number of rotatable bonds is 2. The van der Waals surface area contributed by atoms with Crippen LogP contribution < -0.4 is 5.32 Å². The monoisotopic (exact) mass is 226 g/mol. The summed E-state index contributed by atoms with van der Waals surface area (Å²) in [6.07, 6.45) is 1.10. The second-order valence-corrected chi connectivity index (χ2v) is 4.68. The van der Waals surface area contributed by atoms with Crippen molar-refractivity contribution in [2.24, 2.45) is 0 Å². The van der Waals surface area contributed by atoms with Crippen LogP contribution in [0.2, 0.25) is 0 Å². The van der Waals surface area contributed by atoms with Gasteiger partial charge in [0.25, 0.3) is 0 Å². The van der Waals surface area contributed by atoms with E-state index in [0.29, 0.717) is 10.8 Å². The van der Waals surface area contributed by atoms with Crippen LogP contribution in [0.25, 0.3) is 0 Å². The molecule has 5 heteroatoms. The third-order valence-corrected chi connectivity index (χ3v) is 3.89. The van der Waals surface area contributed by atoms with Gasteiger partial charge in [-0.2, -0.15) is 0 Å². The zero-order chi connectivity index (χ0) is 10.8. The van der Waals surface area contributed by atoms with Crippen molar-refractivity contribution in [3.05, 3.63) is 15.6 Å². The van der Waals surface area contributed by atoms with Crippen molar-refractivity contribution in [1.82, 2.24) is 10.3 Å². The molecule has 0 bridgehead atoms. The number of nitrogens with one attached hydrogen (secondary N) is 1. The van der Waals surface area contributed by atoms with E-state index in [1.807, 2.05) is 6.92 Å². The summed E-state index contributed by atoms with van der Waals surface area (Å²) in [4.78, 5) is 16.5. The smallest absolute Gasteiger partial charge is 0.349 e. The molecule has 1 unspecified atom stereocenters. The van der Waals surface area contributed by atoms with Gasteiger partial charge in [0, 0.05) is 12.5 Å². The number of carbonyl (C=O) groups is 1. The molecule has 1 N–H and O–H groups in total. The van der Waals surface area contributed by atoms with E-state index in [1.54, 1.807) is 0 Å². The van der Waals surface area contributed by atoms with E-state index in [1.165, 1.54) is 18.4 Å². The Labute approximate surface area is 92.7 Å². The van der Waals surface area contributed by atoms with Crippen LogP contribution in [0, 0.1) is 6.92 Å². The summed E-state index contributed by atoms with van der Waals surface area (Å²) in [6.45, 7) is 3.86. The van der Waals surface area contributed by atoms with Crippen LogP contribution in [-0.4, -0.2) is 31.2 Å². The van der Waals surface area contributed by atoms with Gasteiger partial charge in [0.2, 0.25) is 0 Å². The largest absolute Gasteiger partial charge is 0.465 e. The maximum atomic E-state index is 11.4. The Bertz CT molecular complexity index is 369. The average Bonchev–Trinajstić information content (AvgIpc) is 2.84. The zero-order valence-corrected chi connectivity index (χ0v) is 9.69. The Hall–Kier alpha value is -0.940. The second-order valence-electron chi connectivity index (χ2n) is 3.65. The summed E-state index contributed by atoms with van der Waals surface area (Å²) < 4.78 is 4.71. The van der Waals surface area contributed by atoms with Gasteiger partial charge in [0.15, 0.2) is 0 Å². The van der Waals surface area contributed by atoms with Gasteiger partial charge in [-0.3, -0.25) is 0 Å². The highest BCUT2D eigenvalue weighted by molar-refractivity contribution is 7.13. The van der Waals surface area contributed by atoms with E-state index in [4.69, 9.17) is 4.74 Å². The van der Waals surface area contributed by atoms with Crippen molar-refractivity contribution < 1.29 is 9.53 Å². The van der Waals surface area contributed by atoms with Crippen molar-refractivity contribution in [3.63, 3.8) is 0 Å². The molecule has 0 aliphatic carbocycles. The lowest BCUT2D eigenvalue weighted by atomic mass is 10.1. The van der Waals surface area contributed by atoms with Crippen LogP contribution in [0.1, 0.15) is 32.7 Å². The minimum Gasteiger partial charge on any atom is -0.465 e. The van der Waals surface area contributed by atoms with Crippen LogP contribution in [-0.2, 0) is 4.74 Å². The quantitative estimate of drug-likeness (QED) is 0.773. The molecule has 0 radical (unpaired) electrons. The molecule has 1 saturated heterocycles. The SMILES string of the molecule is COC(=O)c1sc(C2CCNC2)nc1C. The average molecular weight is 226 g/mol. The van der Waals surface area contributed by atoms with Gasteiger partial charge in [-0.1, -0.05) is 0 Å². The topological polar surface area (TPSA) is 51.2 Å². The standard InChI is InChI=1S/C10H14N2O2S/c1-6-8(10(13)14-2)15-9(12-6)7-3-4-11-5-7/h7,11H,3-5H2,1-2H3. The molecule has 1 aliphatic heterocycles. The molecule has 1 aliphatic rings. The normalized spacial score (nSPS) is 20.5. The van der Waals surface area contributed by atoms with E-state index < -0.39 is 0 Å². The van der Waals surface area contributed by atoms with Gasteiger partial charge < -0.3 is 10.1 Å². The summed E-state index contributed by atoms with van der Waals surface area (Å²) in [7, 11) is 1.40. The minimum absolute atomic E-state index is 0.276. The number of hydrogen-bond donors (Lipinski definition) is 1. The van der Waals surface area contributed by atoms with Gasteiger partial charge in [0.1, 0.15) is 4.88 Å². The lowest BCUT2D eigenvalue weighted by Gasteiger charge is -2.01. The number of aromatic nitrogens is 1. The fraction of sp³-hybridized carbons (Fsp3) is 0.600. The first-order valence-electron chi connectivity index (χ1n) is 4.98. The van der Waals surface area contributed by atoms with Crippen LogP contribution in [0.4, 0.5) is 0 Å². The zero-order valence-electron chi connectivity index (χ0n) is 8.87. The molecule has 0 amide bonds. The molecular weight excluding hydrogens is 212 g/mol. The highest BCUT2D eigenvalue weighted by atomic mass is 32.1. The van der Waals surface area contributed by atoms with E-state index in [9.17, 15) is 4.79 Å². The number of ether oxygens (including phenoxy) is 1. The number of methoxy groups -OCH3 is 1. The van der Waals surface area contributed by atoms with E-state index in [-0.39, 0.29) is 5.97 Å². The third kappa shape index (κ3) is 2.03. The molecule has 0 aromatic carbocycles. The van der Waals surface area contributed by atoms with E-state index in [0.717, 1.165) is 30.2 Å². The van der Waals surface area contributed by atoms with Crippen LogP contribution in [0.5, 0.6) is 0 Å². The number of hydrogen-bond acceptors (Lipinski definition) is 5. The number of esters is 1. The highest BCUT2D eigenvalue weighted by Gasteiger charge is 2.23. The predicted octanol–water partition coefficient (Wildman–Crippen LogP) is 1.32. The lowest BCUT2D eigenvalue weighted by Crippen LogP contribution is -2.07. The summed E-state index contributed by atoms with van der Waals surface area (Å²) in [6, 6.07) is 0. The molecule has 2 heterocycles. The summed E-state index contributed by atoms with van der Waals surface area (Å²) in [5.74, 6) is 0.189. The van der Waals surface area contributed by atoms with Crippen molar-refractivity contribution in [3.8, 4) is 0 Å². The molecule has 4 nitrogen and oxygen atoms in total. The first-order valence-corrected chi connectivity index (χ1v) is 5.80. The molecule has 1 fully saturated rings. The maximum Gasteiger partial charge on any atom is 0.349 e. The van der Waals surface area contributed by atoms with Gasteiger partial charge in [-0.15, -0.1) is 11.3 Å². The van der Waals surface area contributed by atoms with E-state index >= 15 is 0 Å². The molecular formula is C10H14N2O2S. The fourth-order valence-electron chi connectivity index (χ4n) is 1.74. The Kier molecular flexibility index (Phi) is 3.02. The van der Waals surface area contributed by atoms with Crippen molar-refractivity contribution in [1.29, 1.82) is 0 Å². The van der Waals surface area contributed by atoms with E-state index in [2.05, 4.69) is 10.3 Å². The summed E-state index contributed by atoms with van der Waals surface area (Å²) in [5.41, 5.74) is 0.786. The lowest BCUT2D eigenvalue weighted by molar-refractivity contribution is 0.0605. The molecule has 15 heavy (non-hydrogen) atoms. The Morgan fingerprint density at radius 1 is 1.67 bits per heavy atom. The van der Waals surface area contributed by atoms with Crippen molar-refractivity contribution in [2.75, 3.05) is 20.2 Å². The Morgan fingerprint density at radius 2 is 2.47 bits per heavy atom. The number of carbonyl (C=O) groups excluding carboxylic acids is 1. The number of thiazole rings is 1. The summed E-state index contributed by atoms with van der Waals surface area (Å²) in [5, 5.41) is 4.35. The Balaban J connectivity index is 2.23. The fourth-order valence-corrected chi connectivity index (χ4v) is 2.86. The molecule has 1 atom stereocenters. The van der Waals surface area contributed by atoms with Crippen LogP contribution in [0.3, 0.4) is 0 Å². The molecule has 1 aromatic heterocycles. The molecule has 82 valence electrons. The molecule has 0 saturated carbocycles. The van der Waals surface area contributed by atoms with Gasteiger partial charge >= 0.3 is 5.97 Å². The Morgan fingerprint density at radius 3 is 3.07 bits per heavy atom. The predicted molar refractivity (Wildman–Crippen MR) is 58.4 cm³/mol. The second kappa shape index (κ2) is 4.28. The highest BCUT2D eigenvalue weighted by Crippen LogP contribution is 2.29. The van der Waals surface area contributed by atoms with Crippen LogP contribution >= 0.6 is 11.3 Å². The van der Waals surface area contributed by atoms with Crippen molar-refractivity contribution >= 4 is 17.3 Å². The minimum atomic E-state index is -0.276. The van der Waals surface area contributed by atoms with Gasteiger partial charge in [-0.25, -0.2) is 9.78 Å². The first kappa shape index (κ1) is 10.6. The molecule has 1 aromatic rings.